The predicted octanol–water partition coefficient (Wildman–Crippen LogP) is 4.22. The summed E-state index contributed by atoms with van der Waals surface area (Å²) < 4.78 is 18.6. The van der Waals surface area contributed by atoms with E-state index in [2.05, 4.69) is 6.58 Å². The Labute approximate surface area is 128 Å². The van der Waals surface area contributed by atoms with Gasteiger partial charge in [0.2, 0.25) is 0 Å². The van der Waals surface area contributed by atoms with Crippen molar-refractivity contribution in [3.05, 3.63) is 77.1 Å². The van der Waals surface area contributed by atoms with Gasteiger partial charge < -0.3 is 9.84 Å². The molecule has 0 radical (unpaired) electrons. The van der Waals surface area contributed by atoms with E-state index < -0.39 is 5.97 Å². The van der Waals surface area contributed by atoms with Gasteiger partial charge in [0.1, 0.15) is 18.2 Å². The fraction of sp³-hybridized carbons (Fsp3) is 0.167. The molecule has 2 aromatic carbocycles. The van der Waals surface area contributed by atoms with Crippen LogP contribution in [-0.4, -0.2) is 11.1 Å². The second-order valence-corrected chi connectivity index (χ2v) is 5.18. The van der Waals surface area contributed by atoms with Gasteiger partial charge in [-0.15, -0.1) is 0 Å². The summed E-state index contributed by atoms with van der Waals surface area (Å²) >= 11 is 0. The van der Waals surface area contributed by atoms with Crippen LogP contribution in [0.2, 0.25) is 0 Å². The molecule has 0 heterocycles. The minimum Gasteiger partial charge on any atom is -0.489 e. The first-order valence-corrected chi connectivity index (χ1v) is 6.83. The van der Waals surface area contributed by atoms with E-state index in [0.717, 1.165) is 16.7 Å². The van der Waals surface area contributed by atoms with Gasteiger partial charge >= 0.3 is 5.97 Å². The first kappa shape index (κ1) is 15.8. The summed E-state index contributed by atoms with van der Waals surface area (Å²) in [5.41, 5.74) is 2.74. The molecule has 114 valence electrons. The highest BCUT2D eigenvalue weighted by Crippen LogP contribution is 2.24. The van der Waals surface area contributed by atoms with Crippen LogP contribution in [0.25, 0.3) is 0 Å². The van der Waals surface area contributed by atoms with E-state index in [9.17, 15) is 9.18 Å². The summed E-state index contributed by atoms with van der Waals surface area (Å²) in [6.45, 7) is 6.01. The highest BCUT2D eigenvalue weighted by atomic mass is 19.1. The molecule has 0 aromatic heterocycles. The van der Waals surface area contributed by atoms with Gasteiger partial charge in [-0.25, -0.2) is 9.18 Å². The molecule has 0 fully saturated rings. The van der Waals surface area contributed by atoms with Crippen LogP contribution >= 0.6 is 0 Å². The topological polar surface area (TPSA) is 46.5 Å². The number of allylic oxidation sites excluding steroid dienone is 1. The van der Waals surface area contributed by atoms with E-state index in [4.69, 9.17) is 9.84 Å². The van der Waals surface area contributed by atoms with Crippen molar-refractivity contribution < 1.29 is 19.0 Å². The average Bonchev–Trinajstić information content (AvgIpc) is 2.47. The van der Waals surface area contributed by atoms with Crippen LogP contribution in [0.4, 0.5) is 4.39 Å². The number of rotatable bonds is 6. The first-order chi connectivity index (χ1) is 10.5. The van der Waals surface area contributed by atoms with Gasteiger partial charge in [-0.3, -0.25) is 0 Å². The molecule has 0 unspecified atom stereocenters. The summed E-state index contributed by atoms with van der Waals surface area (Å²) in [5, 5.41) is 9.07. The number of carboxylic acids is 1. The second-order valence-electron chi connectivity index (χ2n) is 5.18. The van der Waals surface area contributed by atoms with Crippen LogP contribution in [0, 0.1) is 5.82 Å². The molecule has 0 saturated carbocycles. The molecule has 0 aliphatic carbocycles. The van der Waals surface area contributed by atoms with Crippen molar-refractivity contribution in [2.75, 3.05) is 0 Å². The smallest absolute Gasteiger partial charge is 0.335 e. The van der Waals surface area contributed by atoms with Crippen LogP contribution < -0.4 is 4.74 Å². The molecule has 0 spiro atoms. The molecule has 0 atom stereocenters. The maximum Gasteiger partial charge on any atom is 0.335 e. The molecule has 3 nitrogen and oxygen atoms in total. The number of ether oxygens (including phenoxy) is 1. The van der Waals surface area contributed by atoms with Crippen molar-refractivity contribution in [3.63, 3.8) is 0 Å². The molecule has 4 heteroatoms. The van der Waals surface area contributed by atoms with Crippen molar-refractivity contribution >= 4 is 5.97 Å². The molecule has 22 heavy (non-hydrogen) atoms. The second kappa shape index (κ2) is 6.89. The molecule has 2 aromatic rings. The molecule has 2 rings (SSSR count). The molecule has 0 bridgehead atoms. The van der Waals surface area contributed by atoms with Gasteiger partial charge in [0.05, 0.1) is 5.56 Å². The third kappa shape index (κ3) is 4.19. The molecular weight excluding hydrogens is 283 g/mol. The quantitative estimate of drug-likeness (QED) is 0.812. The number of carbonyl (C=O) groups is 1. The van der Waals surface area contributed by atoms with Crippen molar-refractivity contribution in [2.24, 2.45) is 0 Å². The Morgan fingerprint density at radius 2 is 1.91 bits per heavy atom. The third-order valence-corrected chi connectivity index (χ3v) is 3.11. The summed E-state index contributed by atoms with van der Waals surface area (Å²) in [4.78, 5) is 11.1. The number of benzene rings is 2. The van der Waals surface area contributed by atoms with Gasteiger partial charge in [-0.1, -0.05) is 24.3 Å². The Balaban J connectivity index is 2.19. The highest BCUT2D eigenvalue weighted by Gasteiger charge is 2.10. The van der Waals surface area contributed by atoms with Crippen molar-refractivity contribution in [1.29, 1.82) is 0 Å². The standard InChI is InChI=1S/C18H17FO3/c1-12(2)9-15-10-14(18(20)21)5-8-17(15)22-11-13-3-6-16(19)7-4-13/h3-8,10H,1,9,11H2,2H3,(H,20,21). The lowest BCUT2D eigenvalue weighted by Crippen LogP contribution is -2.03. The molecule has 0 amide bonds. The Bertz CT molecular complexity index is 690. The Morgan fingerprint density at radius 1 is 1.23 bits per heavy atom. The van der Waals surface area contributed by atoms with Crippen LogP contribution in [0.15, 0.2) is 54.6 Å². The normalized spacial score (nSPS) is 10.3. The Morgan fingerprint density at radius 3 is 2.50 bits per heavy atom. The number of hydrogen-bond donors (Lipinski definition) is 1. The van der Waals surface area contributed by atoms with Gasteiger partial charge in [0.15, 0.2) is 0 Å². The Hall–Kier alpha value is -2.62. The van der Waals surface area contributed by atoms with Crippen molar-refractivity contribution in [3.8, 4) is 5.75 Å². The number of hydrogen-bond acceptors (Lipinski definition) is 2. The molecular formula is C18H17FO3. The third-order valence-electron chi connectivity index (χ3n) is 3.11. The summed E-state index contributed by atoms with van der Waals surface area (Å²) in [6, 6.07) is 10.8. The zero-order valence-corrected chi connectivity index (χ0v) is 12.3. The van der Waals surface area contributed by atoms with Gasteiger partial charge in [0, 0.05) is 0 Å². The highest BCUT2D eigenvalue weighted by molar-refractivity contribution is 5.88. The maximum atomic E-state index is 12.9. The summed E-state index contributed by atoms with van der Waals surface area (Å²) in [5.74, 6) is -0.664. The lowest BCUT2D eigenvalue weighted by atomic mass is 10.0. The predicted molar refractivity (Wildman–Crippen MR) is 82.7 cm³/mol. The van der Waals surface area contributed by atoms with Crippen LogP contribution in [0.1, 0.15) is 28.4 Å². The van der Waals surface area contributed by atoms with E-state index in [1.165, 1.54) is 18.2 Å². The fourth-order valence-electron chi connectivity index (χ4n) is 2.06. The maximum absolute atomic E-state index is 12.9. The summed E-state index contributed by atoms with van der Waals surface area (Å²) in [7, 11) is 0. The molecule has 0 aliphatic heterocycles. The van der Waals surface area contributed by atoms with E-state index in [0.29, 0.717) is 12.2 Å². The minimum absolute atomic E-state index is 0.213. The van der Waals surface area contributed by atoms with E-state index in [-0.39, 0.29) is 18.0 Å². The zero-order chi connectivity index (χ0) is 16.1. The number of halogens is 1. The molecule has 0 aliphatic rings. The minimum atomic E-state index is -0.979. The lowest BCUT2D eigenvalue weighted by molar-refractivity contribution is 0.0696. The molecule has 1 N–H and O–H groups in total. The largest absolute Gasteiger partial charge is 0.489 e. The van der Waals surface area contributed by atoms with Gasteiger partial charge in [-0.05, 0) is 54.8 Å². The van der Waals surface area contributed by atoms with Crippen LogP contribution in [0.3, 0.4) is 0 Å². The van der Waals surface area contributed by atoms with Gasteiger partial charge in [0.25, 0.3) is 0 Å². The fourth-order valence-corrected chi connectivity index (χ4v) is 2.06. The van der Waals surface area contributed by atoms with E-state index in [1.807, 2.05) is 6.92 Å². The van der Waals surface area contributed by atoms with Gasteiger partial charge in [-0.2, -0.15) is 0 Å². The van der Waals surface area contributed by atoms with Crippen molar-refractivity contribution in [1.82, 2.24) is 0 Å². The Kier molecular flexibility index (Phi) is 4.94. The van der Waals surface area contributed by atoms with Crippen LogP contribution in [-0.2, 0) is 13.0 Å². The number of aromatic carboxylic acids is 1. The van der Waals surface area contributed by atoms with Crippen LogP contribution in [0.5, 0.6) is 5.75 Å². The lowest BCUT2D eigenvalue weighted by Gasteiger charge is -2.12. The summed E-state index contributed by atoms with van der Waals surface area (Å²) in [6.07, 6.45) is 0.542. The van der Waals surface area contributed by atoms with Crippen molar-refractivity contribution in [2.45, 2.75) is 20.0 Å². The SMILES string of the molecule is C=C(C)Cc1cc(C(=O)O)ccc1OCc1ccc(F)cc1. The monoisotopic (exact) mass is 300 g/mol. The van der Waals surface area contributed by atoms with E-state index in [1.54, 1.807) is 24.3 Å². The first-order valence-electron chi connectivity index (χ1n) is 6.83. The number of carboxylic acid groups (broad SMARTS) is 1. The average molecular weight is 300 g/mol. The zero-order valence-electron chi connectivity index (χ0n) is 12.3. The van der Waals surface area contributed by atoms with E-state index >= 15 is 0 Å². The molecule has 0 saturated heterocycles.